The van der Waals surface area contributed by atoms with Crippen LogP contribution in [0.1, 0.15) is 30.5 Å². The summed E-state index contributed by atoms with van der Waals surface area (Å²) in [6.07, 6.45) is 0.649. The van der Waals surface area contributed by atoms with E-state index in [1.54, 1.807) is 0 Å². The molecule has 0 aliphatic carbocycles. The van der Waals surface area contributed by atoms with Crippen LogP contribution in [0, 0.1) is 11.3 Å². The van der Waals surface area contributed by atoms with E-state index in [9.17, 15) is 10.1 Å². The molecule has 9 heteroatoms. The third-order valence-corrected chi connectivity index (χ3v) is 6.65. The second-order valence-corrected chi connectivity index (χ2v) is 9.25. The monoisotopic (exact) mass is 432 g/mol. The average molecular weight is 433 g/mol. The molecule has 1 aromatic rings. The minimum absolute atomic E-state index is 0.0586. The van der Waals surface area contributed by atoms with Gasteiger partial charge >= 0.3 is 0 Å². The first-order valence-electron chi connectivity index (χ1n) is 10.4. The zero-order chi connectivity index (χ0) is 21.1. The summed E-state index contributed by atoms with van der Waals surface area (Å²) in [6, 6.07) is 2.37. The summed E-state index contributed by atoms with van der Waals surface area (Å²) in [6.45, 7) is 9.73. The Morgan fingerprint density at radius 3 is 2.47 bits per heavy atom. The summed E-state index contributed by atoms with van der Waals surface area (Å²) >= 11 is 1.36. The van der Waals surface area contributed by atoms with Crippen molar-refractivity contribution in [2.24, 2.45) is 0 Å². The zero-order valence-corrected chi connectivity index (χ0v) is 18.4. The molecule has 0 N–H and O–H groups in total. The summed E-state index contributed by atoms with van der Waals surface area (Å²) < 4.78 is 16.9. The fraction of sp³-hybridized carbons (Fsp3) is 0.667. The van der Waals surface area contributed by atoms with Crippen LogP contribution < -0.4 is 4.90 Å². The van der Waals surface area contributed by atoms with Gasteiger partial charge in [0.1, 0.15) is 16.9 Å². The number of hydrogen-bond acceptors (Lipinski definition) is 8. The van der Waals surface area contributed by atoms with Crippen LogP contribution in [0.15, 0.2) is 5.03 Å². The van der Waals surface area contributed by atoms with Crippen molar-refractivity contribution in [3.05, 3.63) is 16.7 Å². The number of carbonyl (C=O) groups excluding carboxylic acids is 1. The Balaban J connectivity index is 1.64. The van der Waals surface area contributed by atoms with Gasteiger partial charge in [-0.3, -0.25) is 4.79 Å². The van der Waals surface area contributed by atoms with Crippen LogP contribution in [0.4, 0.5) is 5.82 Å². The first kappa shape index (κ1) is 21.4. The Bertz CT molecular complexity index is 842. The van der Waals surface area contributed by atoms with E-state index in [-0.39, 0.29) is 17.3 Å². The molecule has 0 spiro atoms. The normalized spacial score (nSPS) is 21.1. The predicted molar refractivity (Wildman–Crippen MR) is 113 cm³/mol. The first-order chi connectivity index (χ1) is 14.5. The van der Waals surface area contributed by atoms with Gasteiger partial charge in [-0.1, -0.05) is 11.8 Å². The second kappa shape index (κ2) is 9.10. The van der Waals surface area contributed by atoms with Gasteiger partial charge in [-0.15, -0.1) is 0 Å². The number of thioether (sulfide) groups is 1. The lowest BCUT2D eigenvalue weighted by atomic mass is 9.89. The van der Waals surface area contributed by atoms with Crippen molar-refractivity contribution in [3.63, 3.8) is 0 Å². The topological polar surface area (TPSA) is 87.9 Å². The van der Waals surface area contributed by atoms with E-state index in [0.717, 1.165) is 30.0 Å². The number of morpholine rings is 2. The number of pyridine rings is 1. The van der Waals surface area contributed by atoms with Crippen molar-refractivity contribution in [2.75, 3.05) is 63.3 Å². The molecule has 3 aliphatic rings. The number of carbonyl (C=O) groups is 1. The van der Waals surface area contributed by atoms with Crippen LogP contribution in [0.5, 0.6) is 0 Å². The maximum atomic E-state index is 12.6. The Hall–Kier alpha value is -1.86. The van der Waals surface area contributed by atoms with Crippen molar-refractivity contribution in [1.29, 1.82) is 5.26 Å². The van der Waals surface area contributed by atoms with Crippen molar-refractivity contribution >= 4 is 23.5 Å². The molecule has 1 amide bonds. The van der Waals surface area contributed by atoms with Crippen molar-refractivity contribution in [2.45, 2.75) is 37.5 Å². The SMILES string of the molecule is CC1(C)Cc2c(C#N)c(SCC(=O)N3CCOCC3)nc(N3CCOCC3)c2CO1. The molecule has 30 heavy (non-hydrogen) atoms. The molecule has 2 fully saturated rings. The molecule has 2 saturated heterocycles. The van der Waals surface area contributed by atoms with Crippen LogP contribution in [-0.4, -0.2) is 79.8 Å². The number of nitrogens with zero attached hydrogens (tertiary/aromatic N) is 4. The molecular formula is C21H28N4O4S. The van der Waals surface area contributed by atoms with Crippen molar-refractivity contribution in [1.82, 2.24) is 9.88 Å². The Labute approximate surface area is 181 Å². The molecule has 0 aromatic carbocycles. The lowest BCUT2D eigenvalue weighted by Gasteiger charge is -2.37. The largest absolute Gasteiger partial charge is 0.378 e. The highest BCUT2D eigenvalue weighted by molar-refractivity contribution is 8.00. The number of ether oxygens (including phenoxy) is 3. The smallest absolute Gasteiger partial charge is 0.233 e. The minimum atomic E-state index is -0.339. The summed E-state index contributed by atoms with van der Waals surface area (Å²) in [7, 11) is 0. The van der Waals surface area contributed by atoms with E-state index in [4.69, 9.17) is 19.2 Å². The highest BCUT2D eigenvalue weighted by atomic mass is 32.2. The van der Waals surface area contributed by atoms with Gasteiger partial charge in [-0.05, 0) is 19.4 Å². The van der Waals surface area contributed by atoms with Gasteiger partial charge in [0.25, 0.3) is 0 Å². The van der Waals surface area contributed by atoms with Gasteiger partial charge in [0.15, 0.2) is 0 Å². The molecule has 0 atom stereocenters. The number of amides is 1. The first-order valence-corrected chi connectivity index (χ1v) is 11.4. The lowest BCUT2D eigenvalue weighted by Crippen LogP contribution is -2.41. The second-order valence-electron chi connectivity index (χ2n) is 8.29. The molecule has 162 valence electrons. The van der Waals surface area contributed by atoms with Crippen LogP contribution >= 0.6 is 11.8 Å². The Morgan fingerprint density at radius 1 is 1.13 bits per heavy atom. The quantitative estimate of drug-likeness (QED) is 0.663. The average Bonchev–Trinajstić information content (AvgIpc) is 2.77. The molecule has 4 heterocycles. The number of hydrogen-bond donors (Lipinski definition) is 0. The molecule has 0 saturated carbocycles. The molecular weight excluding hydrogens is 404 g/mol. The maximum Gasteiger partial charge on any atom is 0.233 e. The zero-order valence-electron chi connectivity index (χ0n) is 17.6. The van der Waals surface area contributed by atoms with Gasteiger partial charge < -0.3 is 24.0 Å². The maximum absolute atomic E-state index is 12.6. The molecule has 0 unspecified atom stereocenters. The summed E-state index contributed by atoms with van der Waals surface area (Å²) in [5.41, 5.74) is 2.25. The van der Waals surface area contributed by atoms with E-state index in [1.165, 1.54) is 11.8 Å². The van der Waals surface area contributed by atoms with Crippen LogP contribution in [0.25, 0.3) is 0 Å². The third-order valence-electron chi connectivity index (χ3n) is 5.69. The van der Waals surface area contributed by atoms with Crippen LogP contribution in [0.2, 0.25) is 0 Å². The van der Waals surface area contributed by atoms with E-state index in [0.29, 0.717) is 63.1 Å². The van der Waals surface area contributed by atoms with Gasteiger partial charge in [-0.25, -0.2) is 4.98 Å². The third kappa shape index (κ3) is 4.57. The summed E-state index contributed by atoms with van der Waals surface area (Å²) in [4.78, 5) is 21.5. The van der Waals surface area contributed by atoms with Crippen LogP contribution in [-0.2, 0) is 32.0 Å². The van der Waals surface area contributed by atoms with Gasteiger partial charge in [0, 0.05) is 38.2 Å². The molecule has 8 nitrogen and oxygen atoms in total. The standard InChI is InChI=1S/C21H28N4O4S/c1-21(2)11-15-16(12-22)20(30-14-18(26)24-3-7-27-8-4-24)23-19(17(15)13-29-21)25-5-9-28-10-6-25/h3-11,13-14H2,1-2H3. The lowest BCUT2D eigenvalue weighted by molar-refractivity contribution is -0.132. The Kier molecular flexibility index (Phi) is 6.48. The highest BCUT2D eigenvalue weighted by Crippen LogP contribution is 2.38. The molecule has 1 aromatic heterocycles. The van der Waals surface area contributed by atoms with E-state index in [1.807, 2.05) is 18.7 Å². The van der Waals surface area contributed by atoms with Crippen LogP contribution in [0.3, 0.4) is 0 Å². The van der Waals surface area contributed by atoms with Gasteiger partial charge in [-0.2, -0.15) is 5.26 Å². The minimum Gasteiger partial charge on any atom is -0.378 e. The number of aromatic nitrogens is 1. The number of rotatable bonds is 4. The van der Waals surface area contributed by atoms with Crippen molar-refractivity contribution in [3.8, 4) is 6.07 Å². The van der Waals surface area contributed by atoms with E-state index < -0.39 is 0 Å². The van der Waals surface area contributed by atoms with E-state index in [2.05, 4.69) is 11.0 Å². The highest BCUT2D eigenvalue weighted by Gasteiger charge is 2.33. The fourth-order valence-corrected chi connectivity index (χ4v) is 4.92. The van der Waals surface area contributed by atoms with Gasteiger partial charge in [0.2, 0.25) is 5.91 Å². The predicted octanol–water partition coefficient (Wildman–Crippen LogP) is 1.59. The number of fused-ring (bicyclic) bond motifs is 1. The summed E-state index contributed by atoms with van der Waals surface area (Å²) in [5, 5.41) is 10.6. The van der Waals surface area contributed by atoms with Crippen molar-refractivity contribution < 1.29 is 19.0 Å². The number of nitriles is 1. The Morgan fingerprint density at radius 2 is 1.80 bits per heavy atom. The summed E-state index contributed by atoms with van der Waals surface area (Å²) in [5.74, 6) is 1.19. The molecule has 3 aliphatic heterocycles. The molecule has 0 bridgehead atoms. The molecule has 4 rings (SSSR count). The molecule has 0 radical (unpaired) electrons. The van der Waals surface area contributed by atoms with E-state index >= 15 is 0 Å². The fourth-order valence-electron chi connectivity index (χ4n) is 4.02. The van der Waals surface area contributed by atoms with Gasteiger partial charge in [0.05, 0.1) is 50.0 Å². The number of anilines is 1.